The van der Waals surface area contributed by atoms with E-state index in [9.17, 15) is 18.0 Å². The van der Waals surface area contributed by atoms with Crippen LogP contribution in [0, 0.1) is 13.8 Å². The molecule has 0 spiro atoms. The number of benzene rings is 3. The Morgan fingerprint density at radius 2 is 1.59 bits per heavy atom. The fourth-order valence-corrected chi connectivity index (χ4v) is 5.53. The highest BCUT2D eigenvalue weighted by Crippen LogP contribution is 2.33. The SMILES string of the molecule is CCCNC(=O)[C@H](C)N(Cc1ccc(C)cc1)C(=O)CN(c1cc(C)ccc1OC)S(=O)(=O)c1ccccc1. The number of aryl methyl sites for hydroxylation is 2. The number of sulfonamides is 1. The van der Waals surface area contributed by atoms with E-state index in [1.165, 1.54) is 24.1 Å². The van der Waals surface area contributed by atoms with E-state index in [1.807, 2.05) is 45.0 Å². The molecule has 0 aliphatic heterocycles. The van der Waals surface area contributed by atoms with Crippen LogP contribution >= 0.6 is 0 Å². The van der Waals surface area contributed by atoms with Crippen molar-refractivity contribution in [2.45, 2.75) is 51.6 Å². The van der Waals surface area contributed by atoms with Gasteiger partial charge in [0.15, 0.2) is 0 Å². The molecule has 39 heavy (non-hydrogen) atoms. The molecule has 0 aliphatic rings. The Kier molecular flexibility index (Phi) is 10.1. The van der Waals surface area contributed by atoms with E-state index in [-0.39, 0.29) is 23.0 Å². The molecule has 9 heteroatoms. The minimum atomic E-state index is -4.17. The van der Waals surface area contributed by atoms with Crippen LogP contribution in [0.1, 0.15) is 37.0 Å². The normalized spacial score (nSPS) is 11.9. The zero-order valence-corrected chi connectivity index (χ0v) is 24.0. The highest BCUT2D eigenvalue weighted by Gasteiger charge is 2.33. The molecular formula is C30H37N3O5S. The monoisotopic (exact) mass is 551 g/mol. The summed E-state index contributed by atoms with van der Waals surface area (Å²) in [4.78, 5) is 28.4. The van der Waals surface area contributed by atoms with E-state index in [0.717, 1.165) is 27.4 Å². The van der Waals surface area contributed by atoms with Gasteiger partial charge in [-0.1, -0.05) is 61.0 Å². The second kappa shape index (κ2) is 13.3. The highest BCUT2D eigenvalue weighted by atomic mass is 32.2. The molecule has 1 atom stereocenters. The summed E-state index contributed by atoms with van der Waals surface area (Å²) >= 11 is 0. The number of nitrogens with one attached hydrogen (secondary N) is 1. The lowest BCUT2D eigenvalue weighted by atomic mass is 10.1. The maximum atomic E-state index is 14.0. The minimum absolute atomic E-state index is 0.0418. The molecule has 2 amide bonds. The topological polar surface area (TPSA) is 96.0 Å². The third-order valence-corrected chi connectivity index (χ3v) is 8.18. The molecule has 0 radical (unpaired) electrons. The predicted molar refractivity (Wildman–Crippen MR) is 153 cm³/mol. The first-order valence-corrected chi connectivity index (χ1v) is 14.4. The molecular weight excluding hydrogens is 514 g/mol. The number of hydrogen-bond donors (Lipinski definition) is 1. The zero-order valence-electron chi connectivity index (χ0n) is 23.2. The first-order valence-electron chi connectivity index (χ1n) is 12.9. The summed E-state index contributed by atoms with van der Waals surface area (Å²) in [6.07, 6.45) is 0.751. The molecule has 1 N–H and O–H groups in total. The standard InChI is InChI=1S/C30H37N3O5S/c1-6-18-31-30(35)24(4)32(20-25-15-12-22(2)13-16-25)29(34)21-33(27-19-23(3)14-17-28(27)38-5)39(36,37)26-10-8-7-9-11-26/h7-17,19,24H,6,18,20-21H2,1-5H3,(H,31,35)/t24-/m0/s1. The van der Waals surface area contributed by atoms with E-state index in [1.54, 1.807) is 43.3 Å². The van der Waals surface area contributed by atoms with Crippen molar-refractivity contribution < 1.29 is 22.7 Å². The van der Waals surface area contributed by atoms with Gasteiger partial charge >= 0.3 is 0 Å². The van der Waals surface area contributed by atoms with Gasteiger partial charge in [0.1, 0.15) is 18.3 Å². The largest absolute Gasteiger partial charge is 0.495 e. The molecule has 0 fully saturated rings. The Morgan fingerprint density at radius 3 is 2.21 bits per heavy atom. The number of amides is 2. The van der Waals surface area contributed by atoms with Gasteiger partial charge in [0.05, 0.1) is 17.7 Å². The number of rotatable bonds is 12. The first-order chi connectivity index (χ1) is 18.6. The van der Waals surface area contributed by atoms with Gasteiger partial charge in [-0.25, -0.2) is 8.42 Å². The summed E-state index contributed by atoms with van der Waals surface area (Å²) in [5.41, 5.74) is 2.94. The average molecular weight is 552 g/mol. The van der Waals surface area contributed by atoms with Crippen LogP contribution in [-0.2, 0) is 26.2 Å². The van der Waals surface area contributed by atoms with Crippen molar-refractivity contribution in [3.05, 3.63) is 89.5 Å². The van der Waals surface area contributed by atoms with Crippen LogP contribution in [0.2, 0.25) is 0 Å². The van der Waals surface area contributed by atoms with Crippen LogP contribution in [0.15, 0.2) is 77.7 Å². The summed E-state index contributed by atoms with van der Waals surface area (Å²) in [6, 6.07) is 19.9. The molecule has 3 aromatic rings. The van der Waals surface area contributed by atoms with Crippen LogP contribution in [0.25, 0.3) is 0 Å². The second-order valence-electron chi connectivity index (χ2n) is 9.47. The molecule has 0 bridgehead atoms. The Morgan fingerprint density at radius 1 is 0.949 bits per heavy atom. The van der Waals surface area contributed by atoms with Crippen molar-refractivity contribution in [3.8, 4) is 5.75 Å². The van der Waals surface area contributed by atoms with Gasteiger partial charge in [0.25, 0.3) is 10.0 Å². The summed E-state index contributed by atoms with van der Waals surface area (Å²) in [7, 11) is -2.71. The average Bonchev–Trinajstić information content (AvgIpc) is 2.94. The first kappa shape index (κ1) is 29.7. The zero-order chi connectivity index (χ0) is 28.6. The highest BCUT2D eigenvalue weighted by molar-refractivity contribution is 7.92. The lowest BCUT2D eigenvalue weighted by Gasteiger charge is -2.32. The Bertz CT molecular complexity index is 1380. The second-order valence-corrected chi connectivity index (χ2v) is 11.3. The minimum Gasteiger partial charge on any atom is -0.495 e. The summed E-state index contributed by atoms with van der Waals surface area (Å²) in [5, 5.41) is 2.84. The summed E-state index contributed by atoms with van der Waals surface area (Å²) in [6.45, 7) is 7.50. The fraction of sp³-hybridized carbons (Fsp3) is 0.333. The molecule has 0 aromatic heterocycles. The van der Waals surface area contributed by atoms with Gasteiger partial charge in [0.2, 0.25) is 11.8 Å². The third-order valence-electron chi connectivity index (χ3n) is 6.40. The maximum absolute atomic E-state index is 14.0. The van der Waals surface area contributed by atoms with Crippen molar-refractivity contribution in [3.63, 3.8) is 0 Å². The molecule has 8 nitrogen and oxygen atoms in total. The van der Waals surface area contributed by atoms with Crippen LogP contribution in [0.4, 0.5) is 5.69 Å². The van der Waals surface area contributed by atoms with E-state index < -0.39 is 28.5 Å². The van der Waals surface area contributed by atoms with Gasteiger partial charge in [-0.3, -0.25) is 13.9 Å². The van der Waals surface area contributed by atoms with Gasteiger partial charge in [-0.2, -0.15) is 0 Å². The van der Waals surface area contributed by atoms with Gasteiger partial charge in [0, 0.05) is 13.1 Å². The van der Waals surface area contributed by atoms with Crippen LogP contribution in [0.5, 0.6) is 5.75 Å². The van der Waals surface area contributed by atoms with E-state index in [4.69, 9.17) is 4.74 Å². The number of anilines is 1. The van der Waals surface area contributed by atoms with Crippen molar-refractivity contribution in [1.29, 1.82) is 0 Å². The number of ether oxygens (including phenoxy) is 1. The number of carbonyl (C=O) groups excluding carboxylic acids is 2. The van der Waals surface area contributed by atoms with Crippen molar-refractivity contribution in [1.82, 2.24) is 10.2 Å². The predicted octanol–water partition coefficient (Wildman–Crippen LogP) is 4.45. The number of nitrogens with zero attached hydrogens (tertiary/aromatic N) is 2. The molecule has 208 valence electrons. The molecule has 0 heterocycles. The number of hydrogen-bond acceptors (Lipinski definition) is 5. The molecule has 3 rings (SSSR count). The number of carbonyl (C=O) groups is 2. The van der Waals surface area contributed by atoms with Gasteiger partial charge in [-0.05, 0) is 62.6 Å². The van der Waals surface area contributed by atoms with Crippen LogP contribution in [0.3, 0.4) is 0 Å². The summed E-state index contributed by atoms with van der Waals surface area (Å²) < 4.78 is 34.4. The molecule has 0 saturated heterocycles. The lowest BCUT2D eigenvalue weighted by Crippen LogP contribution is -2.51. The molecule has 0 saturated carbocycles. The van der Waals surface area contributed by atoms with Gasteiger partial charge < -0.3 is 15.0 Å². The maximum Gasteiger partial charge on any atom is 0.264 e. The van der Waals surface area contributed by atoms with E-state index in [0.29, 0.717) is 12.3 Å². The molecule has 0 unspecified atom stereocenters. The number of methoxy groups -OCH3 is 1. The van der Waals surface area contributed by atoms with Crippen molar-refractivity contribution in [2.24, 2.45) is 0 Å². The van der Waals surface area contributed by atoms with Gasteiger partial charge in [-0.15, -0.1) is 0 Å². The lowest BCUT2D eigenvalue weighted by molar-refractivity contribution is -0.139. The van der Waals surface area contributed by atoms with Crippen molar-refractivity contribution >= 4 is 27.5 Å². The van der Waals surface area contributed by atoms with Crippen LogP contribution in [-0.4, -0.2) is 51.4 Å². The van der Waals surface area contributed by atoms with E-state index in [2.05, 4.69) is 5.32 Å². The Labute approximate surface area is 231 Å². The third kappa shape index (κ3) is 7.38. The molecule has 3 aromatic carbocycles. The Balaban J connectivity index is 2.07. The van der Waals surface area contributed by atoms with Crippen molar-refractivity contribution in [2.75, 3.05) is 24.5 Å². The quantitative estimate of drug-likeness (QED) is 0.359. The smallest absolute Gasteiger partial charge is 0.264 e. The summed E-state index contributed by atoms with van der Waals surface area (Å²) in [5.74, 6) is -0.507. The fourth-order valence-electron chi connectivity index (χ4n) is 4.10. The Hall–Kier alpha value is -3.85. The van der Waals surface area contributed by atoms with E-state index >= 15 is 0 Å². The molecule has 0 aliphatic carbocycles. The van der Waals surface area contributed by atoms with Crippen LogP contribution < -0.4 is 14.4 Å².